The third-order valence-electron chi connectivity index (χ3n) is 2.54. The molecule has 72 valence electrons. The molecule has 1 nitrogen and oxygen atoms in total. The van der Waals surface area contributed by atoms with Gasteiger partial charge in [0.2, 0.25) is 0 Å². The van der Waals surface area contributed by atoms with Gasteiger partial charge in [-0.05, 0) is 37.2 Å². The summed E-state index contributed by atoms with van der Waals surface area (Å²) >= 11 is 0. The lowest BCUT2D eigenvalue weighted by atomic mass is 10.1. The minimum Gasteiger partial charge on any atom is -0.265 e. The first-order valence-corrected chi connectivity index (χ1v) is 5.02. The molecule has 0 atom stereocenters. The molecule has 0 aromatic rings. The molecule has 1 heteroatoms. The van der Waals surface area contributed by atoms with Gasteiger partial charge in [-0.15, -0.1) is 0 Å². The molecule has 0 unspecified atom stereocenters. The molecular formula is C12H19N. The molecule has 0 aliphatic heterocycles. The molecular weight excluding hydrogens is 158 g/mol. The number of hydrogen-bond acceptors (Lipinski definition) is 1. The van der Waals surface area contributed by atoms with Crippen molar-refractivity contribution in [2.75, 3.05) is 0 Å². The van der Waals surface area contributed by atoms with Crippen LogP contribution in [0.15, 0.2) is 29.4 Å². The van der Waals surface area contributed by atoms with Crippen LogP contribution in [0.1, 0.15) is 33.6 Å². The number of rotatable bonds is 4. The van der Waals surface area contributed by atoms with Crippen LogP contribution in [0.4, 0.5) is 0 Å². The molecule has 0 radical (unpaired) electrons. The number of nitrogens with zero attached hydrogens (tertiary/aromatic N) is 1. The molecule has 1 rings (SSSR count). The van der Waals surface area contributed by atoms with E-state index in [1.807, 2.05) is 12.3 Å². The molecule has 0 bridgehead atoms. The van der Waals surface area contributed by atoms with Gasteiger partial charge in [-0.25, -0.2) is 0 Å². The van der Waals surface area contributed by atoms with Crippen LogP contribution in [0.2, 0.25) is 0 Å². The summed E-state index contributed by atoms with van der Waals surface area (Å²) in [6.07, 6.45) is 6.55. The van der Waals surface area contributed by atoms with Crippen LogP contribution in [0.5, 0.6) is 0 Å². The van der Waals surface area contributed by atoms with Crippen molar-refractivity contribution in [3.63, 3.8) is 0 Å². The van der Waals surface area contributed by atoms with Crippen molar-refractivity contribution in [2.45, 2.75) is 33.6 Å². The van der Waals surface area contributed by atoms with Gasteiger partial charge in [0.1, 0.15) is 0 Å². The summed E-state index contributed by atoms with van der Waals surface area (Å²) in [4.78, 5) is 4.44. The average molecular weight is 177 g/mol. The van der Waals surface area contributed by atoms with E-state index < -0.39 is 0 Å². The molecule has 0 heterocycles. The Kier molecular flexibility index (Phi) is 3.47. The minimum atomic E-state index is 0.543. The molecule has 0 amide bonds. The predicted octanol–water partition coefficient (Wildman–Crippen LogP) is 3.58. The molecule has 0 saturated heterocycles. The minimum absolute atomic E-state index is 0.543. The first-order chi connectivity index (χ1) is 6.15. The molecule has 1 saturated carbocycles. The molecule has 0 spiro atoms. The fourth-order valence-electron chi connectivity index (χ4n) is 1.07. The normalized spacial score (nSPS) is 19.4. The van der Waals surface area contributed by atoms with Crippen LogP contribution in [-0.2, 0) is 0 Å². The second-order valence-electron chi connectivity index (χ2n) is 4.03. The first kappa shape index (κ1) is 10.2. The highest BCUT2D eigenvalue weighted by atomic mass is 14.7. The summed E-state index contributed by atoms with van der Waals surface area (Å²) in [5, 5.41) is 0. The highest BCUT2D eigenvalue weighted by Crippen LogP contribution is 2.36. The van der Waals surface area contributed by atoms with E-state index in [2.05, 4.69) is 32.3 Å². The lowest BCUT2D eigenvalue weighted by Gasteiger charge is -2.02. The highest BCUT2D eigenvalue weighted by molar-refractivity contribution is 5.84. The third-order valence-corrected chi connectivity index (χ3v) is 2.54. The summed E-state index contributed by atoms with van der Waals surface area (Å²) in [5.41, 5.74) is 2.50. The van der Waals surface area contributed by atoms with E-state index in [1.165, 1.54) is 24.1 Å². The van der Waals surface area contributed by atoms with Crippen molar-refractivity contribution in [3.05, 3.63) is 24.4 Å². The summed E-state index contributed by atoms with van der Waals surface area (Å²) in [6, 6.07) is 0. The fourth-order valence-corrected chi connectivity index (χ4v) is 1.07. The summed E-state index contributed by atoms with van der Waals surface area (Å²) in [7, 11) is 0. The van der Waals surface area contributed by atoms with Gasteiger partial charge in [0.15, 0.2) is 0 Å². The van der Waals surface area contributed by atoms with Crippen molar-refractivity contribution >= 4 is 5.71 Å². The standard InChI is InChI=1S/C12H19N/c1-5-11(12-6-7-12)8-13-10(4)9(2)3/h5,8-9,12H,1,6-7H2,2-4H3/b11-8+,13-10?. The Labute approximate surface area is 81.3 Å². The largest absolute Gasteiger partial charge is 0.265 e. The zero-order valence-corrected chi connectivity index (χ0v) is 8.88. The van der Waals surface area contributed by atoms with Crippen molar-refractivity contribution in [1.82, 2.24) is 0 Å². The molecule has 0 aromatic heterocycles. The lowest BCUT2D eigenvalue weighted by Crippen LogP contribution is -2.00. The van der Waals surface area contributed by atoms with E-state index in [0.717, 1.165) is 5.92 Å². The molecule has 1 aliphatic rings. The second-order valence-corrected chi connectivity index (χ2v) is 4.03. The number of aliphatic imine (C=N–C) groups is 1. The SMILES string of the molecule is C=C/C(=C\N=C(C)C(C)C)C1CC1. The summed E-state index contributed by atoms with van der Waals surface area (Å²) in [6.45, 7) is 10.2. The van der Waals surface area contributed by atoms with Crippen LogP contribution in [0, 0.1) is 11.8 Å². The van der Waals surface area contributed by atoms with Crippen LogP contribution in [0.25, 0.3) is 0 Å². The fraction of sp³-hybridized carbons (Fsp3) is 0.583. The van der Waals surface area contributed by atoms with Crippen LogP contribution in [-0.4, -0.2) is 5.71 Å². The quantitative estimate of drug-likeness (QED) is 0.459. The van der Waals surface area contributed by atoms with Gasteiger partial charge in [0.05, 0.1) is 0 Å². The van der Waals surface area contributed by atoms with Gasteiger partial charge >= 0.3 is 0 Å². The monoisotopic (exact) mass is 177 g/mol. The van der Waals surface area contributed by atoms with Gasteiger partial charge in [0, 0.05) is 11.9 Å². The smallest absolute Gasteiger partial charge is 0.0301 e. The lowest BCUT2D eigenvalue weighted by molar-refractivity contribution is 0.877. The topological polar surface area (TPSA) is 12.4 Å². The maximum Gasteiger partial charge on any atom is 0.0301 e. The molecule has 1 fully saturated rings. The molecule has 0 N–H and O–H groups in total. The van der Waals surface area contributed by atoms with Gasteiger partial charge in [-0.3, -0.25) is 4.99 Å². The summed E-state index contributed by atoms with van der Waals surface area (Å²) < 4.78 is 0. The molecule has 0 aromatic carbocycles. The van der Waals surface area contributed by atoms with Gasteiger partial charge < -0.3 is 0 Å². The Morgan fingerprint density at radius 2 is 2.08 bits per heavy atom. The van der Waals surface area contributed by atoms with E-state index in [-0.39, 0.29) is 0 Å². The maximum absolute atomic E-state index is 4.44. The molecule has 1 aliphatic carbocycles. The zero-order chi connectivity index (χ0) is 9.84. The Morgan fingerprint density at radius 1 is 1.46 bits per heavy atom. The van der Waals surface area contributed by atoms with E-state index in [9.17, 15) is 0 Å². The second kappa shape index (κ2) is 4.40. The highest BCUT2D eigenvalue weighted by Gasteiger charge is 2.23. The van der Waals surface area contributed by atoms with E-state index in [0.29, 0.717) is 5.92 Å². The van der Waals surface area contributed by atoms with Crippen molar-refractivity contribution < 1.29 is 0 Å². The summed E-state index contributed by atoms with van der Waals surface area (Å²) in [5.74, 6) is 1.29. The Bertz CT molecular complexity index is 242. The van der Waals surface area contributed by atoms with Crippen molar-refractivity contribution in [1.29, 1.82) is 0 Å². The van der Waals surface area contributed by atoms with Crippen molar-refractivity contribution in [2.24, 2.45) is 16.8 Å². The number of allylic oxidation sites excluding steroid dienone is 2. The van der Waals surface area contributed by atoms with Crippen LogP contribution >= 0.6 is 0 Å². The maximum atomic E-state index is 4.44. The van der Waals surface area contributed by atoms with E-state index in [1.54, 1.807) is 0 Å². The van der Waals surface area contributed by atoms with Crippen LogP contribution < -0.4 is 0 Å². The van der Waals surface area contributed by atoms with E-state index in [4.69, 9.17) is 0 Å². The van der Waals surface area contributed by atoms with Gasteiger partial charge in [0.25, 0.3) is 0 Å². The van der Waals surface area contributed by atoms with E-state index >= 15 is 0 Å². The van der Waals surface area contributed by atoms with Crippen molar-refractivity contribution in [3.8, 4) is 0 Å². The zero-order valence-electron chi connectivity index (χ0n) is 8.88. The molecule has 13 heavy (non-hydrogen) atoms. The van der Waals surface area contributed by atoms with Crippen LogP contribution in [0.3, 0.4) is 0 Å². The third kappa shape index (κ3) is 3.17. The first-order valence-electron chi connectivity index (χ1n) is 5.02. The average Bonchev–Trinajstić information content (AvgIpc) is 2.88. The Balaban J connectivity index is 2.62. The predicted molar refractivity (Wildman–Crippen MR) is 59.0 cm³/mol. The number of hydrogen-bond donors (Lipinski definition) is 0. The Hall–Kier alpha value is -0.850. The van der Waals surface area contributed by atoms with Gasteiger partial charge in [-0.1, -0.05) is 26.5 Å². The van der Waals surface area contributed by atoms with Gasteiger partial charge in [-0.2, -0.15) is 0 Å². The Morgan fingerprint density at radius 3 is 2.46 bits per heavy atom.